The minimum atomic E-state index is -0.803. The summed E-state index contributed by atoms with van der Waals surface area (Å²) in [4.78, 5) is 20.2. The zero-order chi connectivity index (χ0) is 27.2. The fourth-order valence-corrected chi connectivity index (χ4v) is 4.15. The van der Waals surface area contributed by atoms with E-state index in [0.29, 0.717) is 55.4 Å². The fraction of sp³-hybridized carbons (Fsp3) is 0.640. The number of hydrogen-bond donors (Lipinski definition) is 4. The lowest BCUT2D eigenvalue weighted by atomic mass is 10.2. The predicted molar refractivity (Wildman–Crippen MR) is 141 cm³/mol. The molecule has 0 aromatic carbocycles. The molecule has 1 aliphatic heterocycles. The molecule has 1 saturated heterocycles. The van der Waals surface area contributed by atoms with E-state index in [4.69, 9.17) is 36.3 Å². The molecule has 210 valence electrons. The van der Waals surface area contributed by atoms with Crippen LogP contribution in [-0.2, 0) is 18.9 Å². The summed E-state index contributed by atoms with van der Waals surface area (Å²) in [6.45, 7) is 1.88. The lowest BCUT2D eigenvalue weighted by molar-refractivity contribution is -0.0430. The first-order valence-corrected chi connectivity index (χ1v) is 13.2. The van der Waals surface area contributed by atoms with E-state index >= 15 is 0 Å². The number of ether oxygens (including phenoxy) is 4. The van der Waals surface area contributed by atoms with Crippen LogP contribution >= 0.6 is 11.6 Å². The number of rotatable bonds is 15. The molecule has 1 amide bonds. The number of fused-ring (bicyclic) bond motifs is 1. The summed E-state index contributed by atoms with van der Waals surface area (Å²) < 4.78 is 23.4. The number of aliphatic hydroxyl groups excluding tert-OH is 2. The molecule has 0 saturated carbocycles. The normalized spacial score (nSPS) is 18.9. The highest BCUT2D eigenvalue weighted by Crippen LogP contribution is 2.33. The van der Waals surface area contributed by atoms with Crippen molar-refractivity contribution in [3.63, 3.8) is 0 Å². The summed E-state index contributed by atoms with van der Waals surface area (Å²) in [5.74, 6) is 6.66. The van der Waals surface area contributed by atoms with E-state index in [-0.39, 0.29) is 25.5 Å². The summed E-state index contributed by atoms with van der Waals surface area (Å²) in [5, 5.41) is 22.6. The van der Waals surface area contributed by atoms with Gasteiger partial charge in [0.15, 0.2) is 6.61 Å². The first kappa shape index (κ1) is 29.9. The van der Waals surface area contributed by atoms with Gasteiger partial charge in [-0.25, -0.2) is 14.8 Å². The Labute approximate surface area is 226 Å². The van der Waals surface area contributed by atoms with E-state index in [1.54, 1.807) is 10.8 Å². The van der Waals surface area contributed by atoms with Crippen molar-refractivity contribution in [3.8, 4) is 11.8 Å². The second-order valence-electron chi connectivity index (χ2n) is 8.65. The molecule has 3 atom stereocenters. The number of alkyl carbamates (subject to hydrolysis) is 1. The minimum absolute atomic E-state index is 0.142. The van der Waals surface area contributed by atoms with Crippen LogP contribution in [0.5, 0.6) is 0 Å². The molecule has 5 N–H and O–H groups in total. The Morgan fingerprint density at radius 1 is 1.21 bits per heavy atom. The second-order valence-corrected chi connectivity index (χ2v) is 9.03. The number of alkyl halides is 1. The van der Waals surface area contributed by atoms with Crippen molar-refractivity contribution in [1.29, 1.82) is 0 Å². The first-order chi connectivity index (χ1) is 18.5. The minimum Gasteiger partial charge on any atom is -0.436 e. The van der Waals surface area contributed by atoms with Crippen LogP contribution in [-0.4, -0.2) is 95.1 Å². The van der Waals surface area contributed by atoms with E-state index in [1.807, 2.05) is 0 Å². The van der Waals surface area contributed by atoms with Gasteiger partial charge in [0, 0.05) is 31.6 Å². The zero-order valence-electron chi connectivity index (χ0n) is 21.3. The fourth-order valence-electron chi connectivity index (χ4n) is 3.96. The third-order valence-corrected chi connectivity index (χ3v) is 6.16. The number of hydrogen-bond acceptors (Lipinski definition) is 10. The summed E-state index contributed by atoms with van der Waals surface area (Å²) in [5.41, 5.74) is 7.07. The monoisotopic (exact) mass is 553 g/mol. The topological polar surface area (TPSA) is 163 Å². The smallest absolute Gasteiger partial charge is 0.408 e. The number of carbonyl (C=O) groups is 1. The van der Waals surface area contributed by atoms with Crippen LogP contribution in [0.1, 0.15) is 43.9 Å². The van der Waals surface area contributed by atoms with E-state index in [2.05, 4.69) is 27.1 Å². The lowest BCUT2D eigenvalue weighted by Gasteiger charge is -2.14. The standard InChI is InChI=1S/C25H36ClN5O7/c26-7-3-1-2-4-9-35-12-13-36-11-8-28-25(34)37-10-5-6-18-15-31(21-14-19(33)20(16-32)38-21)24-22(18)23(27)29-17-30-24/h15,17,19-21,32-33H,1-4,7-14,16H2,(H,28,34)(H2,27,29,30)/t19?,20-,21-/m1/s1. The van der Waals surface area contributed by atoms with E-state index in [0.717, 1.165) is 25.7 Å². The van der Waals surface area contributed by atoms with Crippen LogP contribution in [0, 0.1) is 11.8 Å². The Morgan fingerprint density at radius 3 is 2.76 bits per heavy atom. The largest absolute Gasteiger partial charge is 0.436 e. The molecule has 1 unspecified atom stereocenters. The van der Waals surface area contributed by atoms with Gasteiger partial charge in [0.1, 0.15) is 30.1 Å². The Kier molecular flexibility index (Phi) is 12.8. The van der Waals surface area contributed by atoms with E-state index in [1.165, 1.54) is 6.33 Å². The number of nitrogens with one attached hydrogen (secondary N) is 1. The van der Waals surface area contributed by atoms with E-state index < -0.39 is 24.5 Å². The van der Waals surface area contributed by atoms with Crippen molar-refractivity contribution >= 4 is 34.5 Å². The van der Waals surface area contributed by atoms with Crippen molar-refractivity contribution in [3.05, 3.63) is 18.1 Å². The number of halogens is 1. The molecular weight excluding hydrogens is 518 g/mol. The highest BCUT2D eigenvalue weighted by molar-refractivity contribution is 6.17. The van der Waals surface area contributed by atoms with Crippen LogP contribution in [0.25, 0.3) is 11.0 Å². The highest BCUT2D eigenvalue weighted by atomic mass is 35.5. The summed E-state index contributed by atoms with van der Waals surface area (Å²) in [6.07, 6.45) is 4.96. The Morgan fingerprint density at radius 2 is 2.00 bits per heavy atom. The molecular formula is C25H36ClN5O7. The van der Waals surface area contributed by atoms with Crippen LogP contribution in [0.15, 0.2) is 12.5 Å². The maximum Gasteiger partial charge on any atom is 0.408 e. The molecule has 1 fully saturated rings. The van der Waals surface area contributed by atoms with Gasteiger partial charge >= 0.3 is 6.09 Å². The van der Waals surface area contributed by atoms with Crippen LogP contribution in [0.2, 0.25) is 0 Å². The quantitative estimate of drug-likeness (QED) is 0.144. The van der Waals surface area contributed by atoms with Gasteiger partial charge in [-0.1, -0.05) is 24.7 Å². The van der Waals surface area contributed by atoms with Crippen LogP contribution in [0.3, 0.4) is 0 Å². The molecule has 2 aromatic heterocycles. The molecule has 0 aliphatic carbocycles. The number of aromatic nitrogens is 3. The lowest BCUT2D eigenvalue weighted by Crippen LogP contribution is -2.28. The number of nitrogens with zero attached hydrogens (tertiary/aromatic N) is 3. The maximum atomic E-state index is 11.9. The second kappa shape index (κ2) is 16.3. The van der Waals surface area contributed by atoms with Gasteiger partial charge in [-0.3, -0.25) is 0 Å². The first-order valence-electron chi connectivity index (χ1n) is 12.7. The average Bonchev–Trinajstić information content (AvgIpc) is 3.48. The molecule has 0 radical (unpaired) electrons. The van der Waals surface area contributed by atoms with Gasteiger partial charge in [-0.05, 0) is 12.8 Å². The Bertz CT molecular complexity index is 1070. The molecule has 0 spiro atoms. The maximum absolute atomic E-state index is 11.9. The van der Waals surface area contributed by atoms with Gasteiger partial charge in [0.2, 0.25) is 0 Å². The third kappa shape index (κ3) is 8.97. The number of anilines is 1. The third-order valence-electron chi connectivity index (χ3n) is 5.89. The highest BCUT2D eigenvalue weighted by Gasteiger charge is 2.35. The number of nitrogens with two attached hydrogens (primary N) is 1. The summed E-state index contributed by atoms with van der Waals surface area (Å²) >= 11 is 5.64. The molecule has 13 heteroatoms. The van der Waals surface area contributed by atoms with Crippen molar-refractivity contribution in [2.75, 3.05) is 57.8 Å². The molecule has 3 heterocycles. The number of unbranched alkanes of at least 4 members (excludes halogenated alkanes) is 3. The van der Waals surface area contributed by atoms with Gasteiger partial charge < -0.3 is 44.8 Å². The van der Waals surface area contributed by atoms with Crippen molar-refractivity contribution in [2.24, 2.45) is 0 Å². The number of carbonyl (C=O) groups excluding carboxylic acids is 1. The predicted octanol–water partition coefficient (Wildman–Crippen LogP) is 1.56. The number of amides is 1. The SMILES string of the molecule is Nc1ncnc2c1c(C#CCOC(=O)NCCOCCOCCCCCCCl)cn2[C@H]1CC(O)[C@@H](CO)O1. The van der Waals surface area contributed by atoms with Crippen LogP contribution in [0.4, 0.5) is 10.6 Å². The Balaban J connectivity index is 1.37. The molecule has 0 bridgehead atoms. The van der Waals surface area contributed by atoms with Crippen LogP contribution < -0.4 is 11.1 Å². The Hall–Kier alpha value is -2.66. The molecule has 3 rings (SSSR count). The molecule has 38 heavy (non-hydrogen) atoms. The molecule has 12 nitrogen and oxygen atoms in total. The average molecular weight is 554 g/mol. The molecule has 1 aliphatic rings. The van der Waals surface area contributed by atoms with Gasteiger partial charge in [-0.2, -0.15) is 0 Å². The molecule has 2 aromatic rings. The van der Waals surface area contributed by atoms with Crippen molar-refractivity contribution < 1.29 is 34.0 Å². The zero-order valence-corrected chi connectivity index (χ0v) is 22.1. The van der Waals surface area contributed by atoms with E-state index in [9.17, 15) is 15.0 Å². The number of nitrogen functional groups attached to an aromatic ring is 1. The van der Waals surface area contributed by atoms with Crippen molar-refractivity contribution in [1.82, 2.24) is 19.9 Å². The summed E-state index contributed by atoms with van der Waals surface area (Å²) in [7, 11) is 0. The van der Waals surface area contributed by atoms with Gasteiger partial charge in [0.25, 0.3) is 0 Å². The summed E-state index contributed by atoms with van der Waals surface area (Å²) in [6, 6.07) is 0. The van der Waals surface area contributed by atoms with Gasteiger partial charge in [-0.15, -0.1) is 11.6 Å². The number of aliphatic hydroxyl groups is 2. The van der Waals surface area contributed by atoms with Crippen molar-refractivity contribution in [2.45, 2.75) is 50.5 Å². The van der Waals surface area contributed by atoms with Gasteiger partial charge in [0.05, 0.1) is 43.5 Å².